The summed E-state index contributed by atoms with van der Waals surface area (Å²) in [6.45, 7) is 1.67. The van der Waals surface area contributed by atoms with Crippen LogP contribution >= 0.6 is 15.9 Å². The molecule has 3 fully saturated rings. The SMILES string of the molecule is COc1ccc([C@@H]2[C@@H]3C(=O)N(c4ccc(Br)cc4)C(=O)[C@H]3N3CCCN23)cc1. The van der Waals surface area contributed by atoms with Gasteiger partial charge in [-0.15, -0.1) is 0 Å². The van der Waals surface area contributed by atoms with Gasteiger partial charge in [0.25, 0.3) is 5.91 Å². The molecule has 7 heteroatoms. The number of rotatable bonds is 3. The molecule has 0 spiro atoms. The van der Waals surface area contributed by atoms with Crippen LogP contribution in [-0.2, 0) is 9.59 Å². The van der Waals surface area contributed by atoms with Crippen LogP contribution in [0.4, 0.5) is 5.69 Å². The van der Waals surface area contributed by atoms with Gasteiger partial charge in [0.15, 0.2) is 0 Å². The van der Waals surface area contributed by atoms with Crippen molar-refractivity contribution in [3.05, 3.63) is 58.6 Å². The fraction of sp³-hybridized carbons (Fsp3) is 0.333. The Balaban J connectivity index is 1.55. The molecule has 3 aliphatic heterocycles. The van der Waals surface area contributed by atoms with Crippen LogP contribution in [0.15, 0.2) is 53.0 Å². The fourth-order valence-electron chi connectivity index (χ4n) is 4.76. The number of halogens is 1. The van der Waals surface area contributed by atoms with Gasteiger partial charge in [0, 0.05) is 17.6 Å². The number of amides is 2. The number of hydrogen-bond acceptors (Lipinski definition) is 5. The summed E-state index contributed by atoms with van der Waals surface area (Å²) in [5, 5.41) is 4.32. The third kappa shape index (κ3) is 2.53. The molecule has 144 valence electrons. The Bertz CT molecular complexity index is 931. The maximum Gasteiger partial charge on any atom is 0.253 e. The summed E-state index contributed by atoms with van der Waals surface area (Å²) in [5.74, 6) is 0.138. The van der Waals surface area contributed by atoms with Crippen molar-refractivity contribution in [3.8, 4) is 5.75 Å². The van der Waals surface area contributed by atoms with Crippen molar-refractivity contribution in [2.75, 3.05) is 25.1 Å². The van der Waals surface area contributed by atoms with Crippen molar-refractivity contribution in [2.45, 2.75) is 18.5 Å². The lowest BCUT2D eigenvalue weighted by atomic mass is 9.90. The predicted octanol–water partition coefficient (Wildman–Crippen LogP) is 2.99. The lowest BCUT2D eigenvalue weighted by Crippen LogP contribution is -2.44. The average Bonchev–Trinajstić information content (AvgIpc) is 3.35. The lowest BCUT2D eigenvalue weighted by Gasteiger charge is -2.29. The standard InChI is InChI=1S/C21H20BrN3O3/c1-28-16-9-3-13(4-10-16)18-17-19(24-12-2-11-23(18)24)21(27)25(20(17)26)15-7-5-14(22)6-8-15/h3-10,17-19H,2,11-12H2,1H3/t17-,18+,19-/m0/s1. The van der Waals surface area contributed by atoms with Gasteiger partial charge in [0.2, 0.25) is 5.91 Å². The van der Waals surface area contributed by atoms with Gasteiger partial charge in [-0.3, -0.25) is 9.59 Å². The summed E-state index contributed by atoms with van der Waals surface area (Å²) in [6, 6.07) is 14.6. The molecule has 2 amide bonds. The van der Waals surface area contributed by atoms with Crippen LogP contribution in [0.2, 0.25) is 0 Å². The number of carbonyl (C=O) groups is 2. The molecule has 2 aromatic rings. The highest BCUT2D eigenvalue weighted by Crippen LogP contribution is 2.49. The molecule has 0 aliphatic carbocycles. The van der Waals surface area contributed by atoms with E-state index in [1.165, 1.54) is 4.90 Å². The van der Waals surface area contributed by atoms with Crippen LogP contribution in [0, 0.1) is 5.92 Å². The Hall–Kier alpha value is -2.22. The fourth-order valence-corrected chi connectivity index (χ4v) is 5.02. The van der Waals surface area contributed by atoms with Gasteiger partial charge in [-0.1, -0.05) is 28.1 Å². The molecule has 2 aromatic carbocycles. The van der Waals surface area contributed by atoms with Crippen LogP contribution in [0.5, 0.6) is 5.75 Å². The zero-order valence-corrected chi connectivity index (χ0v) is 17.0. The summed E-state index contributed by atoms with van der Waals surface area (Å²) >= 11 is 3.41. The van der Waals surface area contributed by atoms with E-state index in [2.05, 4.69) is 25.9 Å². The summed E-state index contributed by atoms with van der Waals surface area (Å²) in [7, 11) is 1.64. The second-order valence-electron chi connectivity index (χ2n) is 7.36. The topological polar surface area (TPSA) is 53.1 Å². The van der Waals surface area contributed by atoms with Crippen molar-refractivity contribution >= 4 is 33.4 Å². The minimum atomic E-state index is -0.425. The quantitative estimate of drug-likeness (QED) is 0.685. The van der Waals surface area contributed by atoms with E-state index in [0.717, 1.165) is 35.3 Å². The smallest absolute Gasteiger partial charge is 0.253 e. The summed E-state index contributed by atoms with van der Waals surface area (Å²) in [4.78, 5) is 28.1. The van der Waals surface area contributed by atoms with Crippen molar-refractivity contribution in [2.24, 2.45) is 5.92 Å². The van der Waals surface area contributed by atoms with Gasteiger partial charge < -0.3 is 4.74 Å². The number of anilines is 1. The van der Waals surface area contributed by atoms with Crippen LogP contribution in [0.1, 0.15) is 18.0 Å². The monoisotopic (exact) mass is 441 g/mol. The highest BCUT2D eigenvalue weighted by atomic mass is 79.9. The van der Waals surface area contributed by atoms with E-state index < -0.39 is 12.0 Å². The molecule has 3 aliphatic rings. The Labute approximate surface area is 171 Å². The van der Waals surface area contributed by atoms with Crippen molar-refractivity contribution < 1.29 is 14.3 Å². The minimum Gasteiger partial charge on any atom is -0.497 e. The lowest BCUT2D eigenvalue weighted by molar-refractivity contribution is -0.126. The molecule has 0 unspecified atom stereocenters. The van der Waals surface area contributed by atoms with Gasteiger partial charge >= 0.3 is 0 Å². The zero-order valence-electron chi connectivity index (χ0n) is 15.4. The van der Waals surface area contributed by atoms with E-state index in [0.29, 0.717) is 5.69 Å². The van der Waals surface area contributed by atoms with Crippen LogP contribution in [-0.4, -0.2) is 48.1 Å². The number of imide groups is 1. The highest BCUT2D eigenvalue weighted by molar-refractivity contribution is 9.10. The molecule has 0 saturated carbocycles. The van der Waals surface area contributed by atoms with Crippen molar-refractivity contribution in [1.29, 1.82) is 0 Å². The Morgan fingerprint density at radius 1 is 0.893 bits per heavy atom. The van der Waals surface area contributed by atoms with Crippen LogP contribution in [0.3, 0.4) is 0 Å². The van der Waals surface area contributed by atoms with Gasteiger partial charge in [-0.05, 0) is 48.4 Å². The number of carbonyl (C=O) groups excluding carboxylic acids is 2. The first kappa shape index (κ1) is 17.8. The normalized spacial score (nSPS) is 27.4. The predicted molar refractivity (Wildman–Crippen MR) is 108 cm³/mol. The third-order valence-electron chi connectivity index (χ3n) is 5.95. The van der Waals surface area contributed by atoms with E-state index in [1.807, 2.05) is 48.5 Å². The number of benzene rings is 2. The summed E-state index contributed by atoms with van der Waals surface area (Å²) in [6.07, 6.45) is 0.996. The number of hydrogen-bond donors (Lipinski definition) is 0. The maximum atomic E-state index is 13.4. The maximum absolute atomic E-state index is 13.4. The Morgan fingerprint density at radius 3 is 2.18 bits per heavy atom. The van der Waals surface area contributed by atoms with E-state index in [1.54, 1.807) is 7.11 Å². The average molecular weight is 442 g/mol. The third-order valence-corrected chi connectivity index (χ3v) is 6.48. The van der Waals surface area contributed by atoms with Gasteiger partial charge in [0.1, 0.15) is 11.8 Å². The number of hydrazine groups is 1. The van der Waals surface area contributed by atoms with Crippen molar-refractivity contribution in [3.63, 3.8) is 0 Å². The zero-order chi connectivity index (χ0) is 19.4. The molecule has 6 nitrogen and oxygen atoms in total. The number of ether oxygens (including phenoxy) is 1. The van der Waals surface area contributed by atoms with Gasteiger partial charge in [-0.2, -0.15) is 0 Å². The van der Waals surface area contributed by atoms with E-state index >= 15 is 0 Å². The van der Waals surface area contributed by atoms with E-state index in [9.17, 15) is 9.59 Å². The molecule has 3 heterocycles. The molecule has 0 N–H and O–H groups in total. The Kier molecular flexibility index (Phi) is 4.26. The van der Waals surface area contributed by atoms with Gasteiger partial charge in [-0.25, -0.2) is 14.9 Å². The second kappa shape index (κ2) is 6.69. The van der Waals surface area contributed by atoms with Crippen LogP contribution < -0.4 is 9.64 Å². The second-order valence-corrected chi connectivity index (χ2v) is 8.27. The van der Waals surface area contributed by atoms with E-state index in [4.69, 9.17) is 4.74 Å². The van der Waals surface area contributed by atoms with Crippen LogP contribution in [0.25, 0.3) is 0 Å². The molecule has 3 atom stereocenters. The first-order valence-electron chi connectivity index (χ1n) is 9.40. The number of methoxy groups -OCH3 is 1. The molecule has 28 heavy (non-hydrogen) atoms. The van der Waals surface area contributed by atoms with Crippen molar-refractivity contribution in [1.82, 2.24) is 10.0 Å². The molecule has 0 radical (unpaired) electrons. The van der Waals surface area contributed by atoms with E-state index in [-0.39, 0.29) is 17.9 Å². The molecule has 0 bridgehead atoms. The molecular weight excluding hydrogens is 422 g/mol. The van der Waals surface area contributed by atoms with Gasteiger partial charge in [0.05, 0.1) is 24.8 Å². The molecule has 0 aromatic heterocycles. The number of fused-ring (bicyclic) bond motifs is 3. The first-order valence-corrected chi connectivity index (χ1v) is 10.2. The first-order chi connectivity index (χ1) is 13.6. The summed E-state index contributed by atoms with van der Waals surface area (Å²) in [5.41, 5.74) is 1.67. The molecule has 5 rings (SSSR count). The largest absolute Gasteiger partial charge is 0.497 e. The highest BCUT2D eigenvalue weighted by Gasteiger charge is 2.62. The summed E-state index contributed by atoms with van der Waals surface area (Å²) < 4.78 is 6.18. The Morgan fingerprint density at radius 2 is 1.54 bits per heavy atom. The minimum absolute atomic E-state index is 0.118. The molecule has 3 saturated heterocycles. The molecular formula is C21H20BrN3O3. The number of nitrogens with zero attached hydrogens (tertiary/aromatic N) is 3.